The van der Waals surface area contributed by atoms with Gasteiger partial charge < -0.3 is 9.47 Å². The Morgan fingerprint density at radius 2 is 1.95 bits per heavy atom. The maximum atomic E-state index is 13.8. The van der Waals surface area contributed by atoms with Crippen molar-refractivity contribution in [3.8, 4) is 0 Å². The molecule has 2 rings (SSSR count). The normalized spacial score (nSPS) is 19.8. The fourth-order valence-electron chi connectivity index (χ4n) is 2.74. The first-order valence-corrected chi connectivity index (χ1v) is 6.65. The molecule has 0 bridgehead atoms. The highest BCUT2D eigenvalue weighted by Gasteiger charge is 2.40. The molecule has 0 aliphatic carbocycles. The van der Waals surface area contributed by atoms with Crippen LogP contribution in [0.15, 0.2) is 18.2 Å². The summed E-state index contributed by atoms with van der Waals surface area (Å²) in [4.78, 5) is 0. The molecule has 0 saturated carbocycles. The molecule has 1 fully saturated rings. The molecule has 0 aromatic heterocycles. The molecule has 20 heavy (non-hydrogen) atoms. The first-order valence-electron chi connectivity index (χ1n) is 6.65. The number of nitrogens with one attached hydrogen (secondary N) is 1. The minimum Gasteiger partial charge on any atom is -0.381 e. The van der Waals surface area contributed by atoms with Gasteiger partial charge in [-0.05, 0) is 18.6 Å². The van der Waals surface area contributed by atoms with Crippen molar-refractivity contribution in [2.45, 2.75) is 30.9 Å². The van der Waals surface area contributed by atoms with Crippen molar-refractivity contribution < 1.29 is 18.3 Å². The summed E-state index contributed by atoms with van der Waals surface area (Å²) in [5.41, 5.74) is 2.11. The van der Waals surface area contributed by atoms with Gasteiger partial charge >= 0.3 is 0 Å². The molecule has 1 aliphatic rings. The highest BCUT2D eigenvalue weighted by Crippen LogP contribution is 2.30. The average Bonchev–Trinajstić information content (AvgIpc) is 2.48. The Morgan fingerprint density at radius 1 is 1.35 bits per heavy atom. The fourth-order valence-corrected chi connectivity index (χ4v) is 2.74. The van der Waals surface area contributed by atoms with E-state index in [0.29, 0.717) is 26.1 Å². The Hall–Kier alpha value is -1.08. The van der Waals surface area contributed by atoms with Crippen molar-refractivity contribution in [2.75, 3.05) is 20.3 Å². The van der Waals surface area contributed by atoms with Crippen LogP contribution in [0, 0.1) is 11.6 Å². The van der Waals surface area contributed by atoms with Gasteiger partial charge in [-0.25, -0.2) is 8.78 Å². The smallest absolute Gasteiger partial charge is 0.129 e. The second-order valence-corrected chi connectivity index (χ2v) is 5.00. The van der Waals surface area contributed by atoms with E-state index in [1.54, 1.807) is 7.11 Å². The molecule has 4 nitrogen and oxygen atoms in total. The summed E-state index contributed by atoms with van der Waals surface area (Å²) in [5, 5.41) is 0. The Balaban J connectivity index is 2.23. The Kier molecular flexibility index (Phi) is 5.04. The van der Waals surface area contributed by atoms with Crippen molar-refractivity contribution in [3.05, 3.63) is 35.4 Å². The van der Waals surface area contributed by atoms with Crippen molar-refractivity contribution in [3.63, 3.8) is 0 Å². The van der Waals surface area contributed by atoms with Crippen LogP contribution < -0.4 is 11.3 Å². The minimum absolute atomic E-state index is 0.0263. The maximum absolute atomic E-state index is 13.8. The summed E-state index contributed by atoms with van der Waals surface area (Å²) in [6, 6.07) is 3.45. The van der Waals surface area contributed by atoms with Crippen LogP contribution in [-0.2, 0) is 15.9 Å². The third-order valence-electron chi connectivity index (χ3n) is 4.05. The highest BCUT2D eigenvalue weighted by atomic mass is 19.1. The zero-order valence-electron chi connectivity index (χ0n) is 11.5. The zero-order valence-corrected chi connectivity index (χ0v) is 11.5. The minimum atomic E-state index is -0.568. The van der Waals surface area contributed by atoms with Gasteiger partial charge in [0.15, 0.2) is 0 Å². The molecule has 3 N–H and O–H groups in total. The molecule has 1 aromatic carbocycles. The second kappa shape index (κ2) is 6.58. The fraction of sp³-hybridized carbons (Fsp3) is 0.571. The van der Waals surface area contributed by atoms with Gasteiger partial charge in [-0.1, -0.05) is 6.07 Å². The van der Waals surface area contributed by atoms with Crippen LogP contribution in [0.4, 0.5) is 8.78 Å². The first kappa shape index (κ1) is 15.3. The molecule has 1 atom stereocenters. The predicted molar refractivity (Wildman–Crippen MR) is 71.0 cm³/mol. The number of methoxy groups -OCH3 is 1. The summed E-state index contributed by atoms with van der Waals surface area (Å²) in [7, 11) is 1.59. The quantitative estimate of drug-likeness (QED) is 0.637. The van der Waals surface area contributed by atoms with Gasteiger partial charge in [-0.15, -0.1) is 0 Å². The van der Waals surface area contributed by atoms with Gasteiger partial charge in [0.1, 0.15) is 11.6 Å². The average molecular weight is 286 g/mol. The molecule has 112 valence electrons. The lowest BCUT2D eigenvalue weighted by molar-refractivity contribution is -0.110. The molecule has 6 heteroatoms. The molecule has 1 unspecified atom stereocenters. The highest BCUT2D eigenvalue weighted by molar-refractivity contribution is 5.22. The lowest BCUT2D eigenvalue weighted by Gasteiger charge is -2.42. The Labute approximate surface area is 117 Å². The summed E-state index contributed by atoms with van der Waals surface area (Å²) in [6.45, 7) is 1.09. The number of ether oxygens (including phenoxy) is 2. The van der Waals surface area contributed by atoms with Gasteiger partial charge in [0.2, 0.25) is 0 Å². The van der Waals surface area contributed by atoms with Crippen LogP contribution in [-0.4, -0.2) is 32.0 Å². The predicted octanol–water partition coefficient (Wildman–Crippen LogP) is 1.53. The zero-order chi connectivity index (χ0) is 14.6. The second-order valence-electron chi connectivity index (χ2n) is 5.00. The molecule has 1 heterocycles. The molecular formula is C14H20F2N2O2. The van der Waals surface area contributed by atoms with Gasteiger partial charge in [0.05, 0.1) is 11.6 Å². The Morgan fingerprint density at radius 3 is 2.45 bits per heavy atom. The summed E-state index contributed by atoms with van der Waals surface area (Å²) >= 11 is 0. The third-order valence-corrected chi connectivity index (χ3v) is 4.05. The van der Waals surface area contributed by atoms with E-state index in [1.165, 1.54) is 18.2 Å². The molecule has 0 spiro atoms. The van der Waals surface area contributed by atoms with Crippen molar-refractivity contribution >= 4 is 0 Å². The van der Waals surface area contributed by atoms with E-state index in [4.69, 9.17) is 15.3 Å². The summed E-state index contributed by atoms with van der Waals surface area (Å²) in [5.74, 6) is 4.46. The van der Waals surface area contributed by atoms with Gasteiger partial charge in [-0.3, -0.25) is 11.3 Å². The monoisotopic (exact) mass is 286 g/mol. The van der Waals surface area contributed by atoms with Gasteiger partial charge in [-0.2, -0.15) is 0 Å². The van der Waals surface area contributed by atoms with E-state index in [0.717, 1.165) is 0 Å². The van der Waals surface area contributed by atoms with E-state index >= 15 is 0 Å². The largest absolute Gasteiger partial charge is 0.381 e. The van der Waals surface area contributed by atoms with Gasteiger partial charge in [0, 0.05) is 38.7 Å². The molecule has 1 aliphatic heterocycles. The van der Waals surface area contributed by atoms with Crippen LogP contribution in [0.3, 0.4) is 0 Å². The van der Waals surface area contributed by atoms with Crippen molar-refractivity contribution in [1.29, 1.82) is 0 Å². The molecular weight excluding hydrogens is 266 g/mol. The standard InChI is InChI=1S/C14H20F2N2O2/c1-19-14(5-7-20-8-6-14)13(18-17)9-10-11(15)3-2-4-12(10)16/h2-4,13,18H,5-9,17H2,1H3. The van der Waals surface area contributed by atoms with Crippen LogP contribution >= 0.6 is 0 Å². The number of hydrogen-bond donors (Lipinski definition) is 2. The third kappa shape index (κ3) is 2.98. The van der Waals surface area contributed by atoms with E-state index in [9.17, 15) is 8.78 Å². The summed E-state index contributed by atoms with van der Waals surface area (Å²) < 4.78 is 38.5. The topological polar surface area (TPSA) is 56.5 Å². The van der Waals surface area contributed by atoms with Crippen LogP contribution in [0.1, 0.15) is 18.4 Å². The van der Waals surface area contributed by atoms with Crippen molar-refractivity contribution in [2.24, 2.45) is 5.84 Å². The molecule has 0 amide bonds. The molecule has 1 saturated heterocycles. The maximum Gasteiger partial charge on any atom is 0.129 e. The van der Waals surface area contributed by atoms with Crippen LogP contribution in [0.2, 0.25) is 0 Å². The number of hydrazine groups is 1. The number of halogens is 2. The molecule has 1 aromatic rings. The van der Waals surface area contributed by atoms with E-state index in [2.05, 4.69) is 5.43 Å². The number of hydrogen-bond acceptors (Lipinski definition) is 4. The van der Waals surface area contributed by atoms with Gasteiger partial charge in [0.25, 0.3) is 0 Å². The summed E-state index contributed by atoms with van der Waals surface area (Å²) in [6.07, 6.45) is 1.39. The van der Waals surface area contributed by atoms with Crippen LogP contribution in [0.5, 0.6) is 0 Å². The lowest BCUT2D eigenvalue weighted by atomic mass is 9.83. The molecule has 0 radical (unpaired) electrons. The number of benzene rings is 1. The van der Waals surface area contributed by atoms with Crippen molar-refractivity contribution in [1.82, 2.24) is 5.43 Å². The van der Waals surface area contributed by atoms with E-state index in [-0.39, 0.29) is 18.0 Å². The Bertz CT molecular complexity index is 431. The number of nitrogens with two attached hydrogens (primary N) is 1. The SMILES string of the molecule is COC1(C(Cc2c(F)cccc2F)NN)CCOCC1. The number of rotatable bonds is 5. The first-order chi connectivity index (χ1) is 9.63. The van der Waals surface area contributed by atoms with Crippen LogP contribution in [0.25, 0.3) is 0 Å². The van der Waals surface area contributed by atoms with E-state index < -0.39 is 17.2 Å². The lowest BCUT2D eigenvalue weighted by Crippen LogP contribution is -2.58. The van der Waals surface area contributed by atoms with E-state index in [1.807, 2.05) is 0 Å².